The average Bonchev–Trinajstić information content (AvgIpc) is 3.19. The van der Waals surface area contributed by atoms with Crippen LogP contribution in [0.25, 0.3) is 0 Å². The summed E-state index contributed by atoms with van der Waals surface area (Å²) in [5, 5.41) is 28.2. The van der Waals surface area contributed by atoms with Crippen molar-refractivity contribution in [2.24, 2.45) is 27.9 Å². The highest BCUT2D eigenvalue weighted by atomic mass is 16.7. The molecular formula is C42H63N3O13. The number of Topliss-reactive ketones (excluding diaryl/α,β-unsaturated/α-hetero) is 1. The first kappa shape index (κ1) is 47.0. The zero-order valence-electron chi connectivity index (χ0n) is 35.8. The molecule has 0 aromatic heterocycles. The van der Waals surface area contributed by atoms with Gasteiger partial charge in [-0.15, -0.1) is 0 Å². The normalized spacial score (nSPS) is 37.1. The summed E-state index contributed by atoms with van der Waals surface area (Å²) in [5.74, 6) is -5.18. The molecule has 0 unspecified atom stereocenters. The second-order valence-corrected chi connectivity index (χ2v) is 16.6. The van der Waals surface area contributed by atoms with Crippen molar-refractivity contribution in [3.05, 3.63) is 35.4 Å². The molecule has 4 rings (SSSR count). The zero-order valence-corrected chi connectivity index (χ0v) is 35.8. The number of ether oxygens (including phenoxy) is 6. The van der Waals surface area contributed by atoms with Gasteiger partial charge in [-0.1, -0.05) is 38.1 Å². The number of carbonyl (C=O) groups excluding carboxylic acids is 4. The average molecular weight is 818 g/mol. The third kappa shape index (κ3) is 11.3. The maximum absolute atomic E-state index is 14.4. The highest BCUT2D eigenvalue weighted by molar-refractivity contribution is 6.00. The Morgan fingerprint density at radius 1 is 1.09 bits per heavy atom. The predicted molar refractivity (Wildman–Crippen MR) is 212 cm³/mol. The summed E-state index contributed by atoms with van der Waals surface area (Å²) in [7, 11) is 5.00. The monoisotopic (exact) mass is 817 g/mol. The van der Waals surface area contributed by atoms with Gasteiger partial charge in [-0.25, -0.2) is 9.79 Å². The van der Waals surface area contributed by atoms with Crippen molar-refractivity contribution in [3.8, 4) is 0 Å². The molecule has 324 valence electrons. The number of fused-ring (bicyclic) bond motifs is 5. The third-order valence-corrected chi connectivity index (χ3v) is 11.5. The maximum Gasteiger partial charge on any atom is 0.337 e. The molecule has 3 saturated heterocycles. The number of carbonyl (C=O) groups is 4. The van der Waals surface area contributed by atoms with Gasteiger partial charge >= 0.3 is 11.9 Å². The zero-order chi connectivity index (χ0) is 43.1. The number of aliphatic hydroxyl groups is 2. The number of esters is 2. The van der Waals surface area contributed by atoms with Crippen LogP contribution >= 0.6 is 0 Å². The molecule has 3 aliphatic heterocycles. The molecule has 2 bridgehead atoms. The molecular weight excluding hydrogens is 754 g/mol. The lowest BCUT2D eigenvalue weighted by molar-refractivity contribution is -0.296. The largest absolute Gasteiger partial charge is 0.465 e. The van der Waals surface area contributed by atoms with Crippen molar-refractivity contribution in [2.45, 2.75) is 142 Å². The number of nitrogens with zero attached hydrogens (tertiary/aromatic N) is 3. The second-order valence-electron chi connectivity index (χ2n) is 16.6. The number of methoxy groups -OCH3 is 1. The number of aliphatic hydroxyl groups excluding tert-OH is 1. The highest BCUT2D eigenvalue weighted by Gasteiger charge is 2.51. The van der Waals surface area contributed by atoms with E-state index in [0.717, 1.165) is 0 Å². The lowest BCUT2D eigenvalue weighted by Gasteiger charge is -2.47. The SMILES string of the molecule is CC[C@@H]1OC(=O)[C@H](C)C(=O)[C@H](C)[C@@H](O[C@@H]2O[C@H](C)C[C@H](N(C)C)[C@H]2O)[C@@]2(C)C[C@@H](C)C(=NC(C)=O)C[C@H](OC/C(=N/OCc3cccc(C(=O)OC)c3)CO2)[C@]1(C)O. The first-order valence-electron chi connectivity index (χ1n) is 20.0. The topological polar surface area (TPSA) is 201 Å². The van der Waals surface area contributed by atoms with Gasteiger partial charge in [0, 0.05) is 31.0 Å². The van der Waals surface area contributed by atoms with Crippen LogP contribution in [0.15, 0.2) is 34.4 Å². The molecule has 3 aliphatic rings. The van der Waals surface area contributed by atoms with E-state index in [9.17, 15) is 29.4 Å². The fourth-order valence-electron chi connectivity index (χ4n) is 8.12. The van der Waals surface area contributed by atoms with Crippen molar-refractivity contribution < 1.29 is 62.6 Å². The van der Waals surface area contributed by atoms with Crippen LogP contribution in [0.5, 0.6) is 0 Å². The molecule has 1 aromatic carbocycles. The molecule has 2 N–H and O–H groups in total. The van der Waals surface area contributed by atoms with E-state index in [0.29, 0.717) is 23.3 Å². The van der Waals surface area contributed by atoms with Gasteiger partial charge in [0.1, 0.15) is 36.0 Å². The van der Waals surface area contributed by atoms with Gasteiger partial charge in [0.2, 0.25) is 5.91 Å². The quantitative estimate of drug-likeness (QED) is 0.219. The summed E-state index contributed by atoms with van der Waals surface area (Å²) in [4.78, 5) is 65.1. The Hall–Kier alpha value is -3.64. The number of aliphatic imine (C=N–C) groups is 1. The van der Waals surface area contributed by atoms with Crippen LogP contribution in [0.4, 0.5) is 0 Å². The minimum atomic E-state index is -1.85. The Bertz CT molecular complexity index is 1680. The van der Waals surface area contributed by atoms with Crippen molar-refractivity contribution >= 4 is 35.1 Å². The van der Waals surface area contributed by atoms with E-state index in [1.165, 1.54) is 27.9 Å². The minimum absolute atomic E-state index is 0.0373. The standard InChI is InChI=1S/C42H63N3O13/c1-12-33-42(8,51)34-18-31(43-27(6)46)23(2)19-41(7,54-22-30(21-53-34)44-55-20-28-14-13-15-29(17-28)39(50)52-11)37(25(4)35(47)26(5)38(49)57-33)58-40-36(48)32(45(9)10)16-24(3)56-40/h13-15,17,23-26,32-34,36-37,40,48,51H,12,16,18-22H2,1-11H3/b43-31?,44-30-/t23-,24-,25+,26-,32+,33+,34+,36-,37-,40+,41-,42-/m1/s1. The molecule has 16 nitrogen and oxygen atoms in total. The Labute approximate surface area is 341 Å². The van der Waals surface area contributed by atoms with E-state index in [2.05, 4.69) is 10.1 Å². The number of hydrogen-bond acceptors (Lipinski definition) is 15. The van der Waals surface area contributed by atoms with Crippen LogP contribution in [-0.4, -0.2) is 139 Å². The molecule has 16 heteroatoms. The van der Waals surface area contributed by atoms with Gasteiger partial charge in [-0.05, 0) is 84.7 Å². The van der Waals surface area contributed by atoms with Gasteiger partial charge in [-0.3, -0.25) is 14.4 Å². The van der Waals surface area contributed by atoms with E-state index in [4.69, 9.17) is 33.3 Å². The smallest absolute Gasteiger partial charge is 0.337 e. The van der Waals surface area contributed by atoms with Gasteiger partial charge in [-0.2, -0.15) is 0 Å². The maximum atomic E-state index is 14.4. The minimum Gasteiger partial charge on any atom is -0.465 e. The molecule has 1 aromatic rings. The summed E-state index contributed by atoms with van der Waals surface area (Å²) in [6.07, 6.45) is -5.26. The number of ketones is 1. The Morgan fingerprint density at radius 2 is 1.79 bits per heavy atom. The second kappa shape index (κ2) is 20.1. The van der Waals surface area contributed by atoms with E-state index in [1.807, 2.05) is 32.8 Å². The highest BCUT2D eigenvalue weighted by Crippen LogP contribution is 2.39. The molecule has 0 saturated carbocycles. The lowest BCUT2D eigenvalue weighted by atomic mass is 9.76. The van der Waals surface area contributed by atoms with Gasteiger partial charge < -0.3 is 48.4 Å². The van der Waals surface area contributed by atoms with E-state index in [-0.39, 0.29) is 56.9 Å². The van der Waals surface area contributed by atoms with E-state index in [1.54, 1.807) is 45.0 Å². The van der Waals surface area contributed by atoms with Crippen LogP contribution < -0.4 is 0 Å². The van der Waals surface area contributed by atoms with Crippen LogP contribution in [0.3, 0.4) is 0 Å². The third-order valence-electron chi connectivity index (χ3n) is 11.5. The fourth-order valence-corrected chi connectivity index (χ4v) is 8.12. The van der Waals surface area contributed by atoms with Crippen molar-refractivity contribution in [2.75, 3.05) is 34.4 Å². The Balaban J connectivity index is 1.89. The Morgan fingerprint density at radius 3 is 2.43 bits per heavy atom. The molecule has 0 radical (unpaired) electrons. The van der Waals surface area contributed by atoms with Crippen LogP contribution in [-0.2, 0) is 54.2 Å². The molecule has 3 heterocycles. The molecule has 1 amide bonds. The lowest BCUT2D eigenvalue weighted by Crippen LogP contribution is -2.59. The van der Waals surface area contributed by atoms with E-state index >= 15 is 0 Å². The van der Waals surface area contributed by atoms with Gasteiger partial charge in [0.25, 0.3) is 0 Å². The fraction of sp³-hybridized carbons (Fsp3) is 0.714. The number of oxime groups is 1. The van der Waals surface area contributed by atoms with Crippen molar-refractivity contribution in [3.63, 3.8) is 0 Å². The number of likely N-dealkylation sites (N-methyl/N-ethyl adjacent to an activating group) is 1. The molecule has 12 atom stereocenters. The van der Waals surface area contributed by atoms with Crippen molar-refractivity contribution in [1.82, 2.24) is 4.90 Å². The molecule has 0 spiro atoms. The first-order chi connectivity index (χ1) is 27.2. The number of rotatable bonds is 8. The van der Waals surface area contributed by atoms with E-state index < -0.39 is 83.3 Å². The number of amides is 1. The summed E-state index contributed by atoms with van der Waals surface area (Å²) >= 11 is 0. The van der Waals surface area contributed by atoms with Crippen LogP contribution in [0.1, 0.15) is 97.0 Å². The summed E-state index contributed by atoms with van der Waals surface area (Å²) in [5.41, 5.74) is -1.67. The number of cyclic esters (lactones) is 1. The predicted octanol–water partition coefficient (Wildman–Crippen LogP) is 3.66. The van der Waals surface area contributed by atoms with Crippen molar-refractivity contribution in [1.29, 1.82) is 0 Å². The molecule has 0 aliphatic carbocycles. The number of hydrogen-bond donors (Lipinski definition) is 2. The summed E-state index contributed by atoms with van der Waals surface area (Å²) in [6.45, 7) is 12.6. The first-order valence-corrected chi connectivity index (χ1v) is 20.0. The van der Waals surface area contributed by atoms with Crippen LogP contribution in [0.2, 0.25) is 0 Å². The van der Waals surface area contributed by atoms with Crippen LogP contribution in [0, 0.1) is 17.8 Å². The number of benzene rings is 1. The summed E-state index contributed by atoms with van der Waals surface area (Å²) in [6, 6.07) is 6.36. The summed E-state index contributed by atoms with van der Waals surface area (Å²) < 4.78 is 36.9. The Kier molecular flexibility index (Phi) is 16.3. The van der Waals surface area contributed by atoms with Gasteiger partial charge in [0.15, 0.2) is 12.1 Å². The van der Waals surface area contributed by atoms with Gasteiger partial charge in [0.05, 0.1) is 49.8 Å². The molecule has 3 fully saturated rings. The molecule has 58 heavy (non-hydrogen) atoms.